The number of esters is 1. The van der Waals surface area contributed by atoms with Crippen molar-refractivity contribution in [1.29, 1.82) is 0 Å². The second-order valence-corrected chi connectivity index (χ2v) is 8.63. The Morgan fingerprint density at radius 1 is 0.838 bits per heavy atom. The van der Waals surface area contributed by atoms with Gasteiger partial charge in [0.2, 0.25) is 0 Å². The van der Waals surface area contributed by atoms with Gasteiger partial charge in [-0.2, -0.15) is 0 Å². The molecule has 1 heterocycles. The van der Waals surface area contributed by atoms with E-state index in [1.807, 2.05) is 47.0 Å². The number of halogens is 1. The van der Waals surface area contributed by atoms with Crippen molar-refractivity contribution in [3.63, 3.8) is 0 Å². The molecule has 0 saturated heterocycles. The molecule has 0 radical (unpaired) electrons. The number of hydrogen-bond donors (Lipinski definition) is 0. The first-order chi connectivity index (χ1) is 18.1. The van der Waals surface area contributed by atoms with E-state index in [-0.39, 0.29) is 18.3 Å². The zero-order valence-corrected chi connectivity index (χ0v) is 20.4. The average molecular weight is 492 g/mol. The van der Waals surface area contributed by atoms with Gasteiger partial charge in [0, 0.05) is 23.6 Å². The summed E-state index contributed by atoms with van der Waals surface area (Å²) < 4.78 is 21.3. The van der Waals surface area contributed by atoms with E-state index in [0.29, 0.717) is 34.9 Å². The van der Waals surface area contributed by atoms with Crippen LogP contribution in [-0.2, 0) is 11.2 Å². The van der Waals surface area contributed by atoms with Gasteiger partial charge in [-0.1, -0.05) is 78.9 Å². The Kier molecular flexibility index (Phi) is 7.17. The summed E-state index contributed by atoms with van der Waals surface area (Å²) in [5.41, 5.74) is 4.01. The Morgan fingerprint density at radius 3 is 2.16 bits per heavy atom. The quantitative estimate of drug-likeness (QED) is 0.229. The molecule has 0 amide bonds. The van der Waals surface area contributed by atoms with Crippen molar-refractivity contribution in [2.75, 3.05) is 6.61 Å². The van der Waals surface area contributed by atoms with Gasteiger partial charge in [-0.25, -0.2) is 9.18 Å². The zero-order chi connectivity index (χ0) is 25.6. The Balaban J connectivity index is 1.65. The third-order valence-electron chi connectivity index (χ3n) is 6.22. The van der Waals surface area contributed by atoms with Crippen molar-refractivity contribution in [3.8, 4) is 17.1 Å². The lowest BCUT2D eigenvalue weighted by Gasteiger charge is -2.19. The molecule has 5 rings (SSSR count). The smallest absolute Gasteiger partial charge is 0.338 e. The molecular weight excluding hydrogens is 465 g/mol. The van der Waals surface area contributed by atoms with Crippen molar-refractivity contribution in [2.24, 2.45) is 0 Å². The third-order valence-corrected chi connectivity index (χ3v) is 6.22. The summed E-state index contributed by atoms with van der Waals surface area (Å²) in [6, 6.07) is 33.9. The summed E-state index contributed by atoms with van der Waals surface area (Å²) in [4.78, 5) is 12.5. The summed E-state index contributed by atoms with van der Waals surface area (Å²) in [6.07, 6.45) is 0.542. The van der Waals surface area contributed by atoms with Crippen LogP contribution in [0.15, 0.2) is 109 Å². The van der Waals surface area contributed by atoms with Gasteiger partial charge < -0.3 is 4.74 Å². The number of benzene rings is 4. The van der Waals surface area contributed by atoms with E-state index in [4.69, 9.17) is 4.74 Å². The van der Waals surface area contributed by atoms with Crippen LogP contribution in [0.3, 0.4) is 0 Å². The number of aromatic nitrogens is 3. The average Bonchev–Trinajstić information content (AvgIpc) is 3.36. The fourth-order valence-corrected chi connectivity index (χ4v) is 4.50. The molecule has 6 heteroatoms. The highest BCUT2D eigenvalue weighted by Crippen LogP contribution is 2.31. The molecule has 5 aromatic rings. The monoisotopic (exact) mass is 491 g/mol. The minimum absolute atomic E-state index is 0.0129. The number of carbonyl (C=O) groups is 1. The van der Waals surface area contributed by atoms with Gasteiger partial charge in [0.25, 0.3) is 0 Å². The summed E-state index contributed by atoms with van der Waals surface area (Å²) >= 11 is 0. The second kappa shape index (κ2) is 11.0. The van der Waals surface area contributed by atoms with Gasteiger partial charge in [-0.15, -0.1) is 10.2 Å². The zero-order valence-electron chi connectivity index (χ0n) is 20.4. The first-order valence-electron chi connectivity index (χ1n) is 12.2. The molecule has 0 bridgehead atoms. The lowest BCUT2D eigenvalue weighted by atomic mass is 9.88. The maximum atomic E-state index is 14.2. The molecule has 0 atom stereocenters. The molecule has 5 nitrogen and oxygen atoms in total. The maximum Gasteiger partial charge on any atom is 0.338 e. The molecule has 1 aromatic heterocycles. The molecule has 0 fully saturated rings. The lowest BCUT2D eigenvalue weighted by Crippen LogP contribution is -2.12. The first kappa shape index (κ1) is 24.1. The molecule has 0 aliphatic rings. The highest BCUT2D eigenvalue weighted by molar-refractivity contribution is 5.90. The van der Waals surface area contributed by atoms with Gasteiger partial charge in [-0.05, 0) is 48.4 Å². The van der Waals surface area contributed by atoms with Crippen LogP contribution in [0.25, 0.3) is 17.1 Å². The van der Waals surface area contributed by atoms with Crippen molar-refractivity contribution in [2.45, 2.75) is 19.3 Å². The highest BCUT2D eigenvalue weighted by atomic mass is 19.1. The van der Waals surface area contributed by atoms with Crippen molar-refractivity contribution >= 4 is 5.97 Å². The van der Waals surface area contributed by atoms with Crippen molar-refractivity contribution in [1.82, 2.24) is 14.8 Å². The van der Waals surface area contributed by atoms with Crippen molar-refractivity contribution < 1.29 is 13.9 Å². The van der Waals surface area contributed by atoms with Crippen LogP contribution in [0.2, 0.25) is 0 Å². The second-order valence-electron chi connectivity index (χ2n) is 8.63. The SMILES string of the molecule is CCOC(=O)c1cccc(-n2c(CC(c3ccccc3)c3ccccc3)nnc2-c2cccc(F)c2)c1. The van der Waals surface area contributed by atoms with Gasteiger partial charge in [-0.3, -0.25) is 4.57 Å². The van der Waals surface area contributed by atoms with Crippen LogP contribution in [0.1, 0.15) is 40.2 Å². The number of hydrogen-bond acceptors (Lipinski definition) is 4. The lowest BCUT2D eigenvalue weighted by molar-refractivity contribution is 0.0526. The molecule has 0 saturated carbocycles. The summed E-state index contributed by atoms with van der Waals surface area (Å²) in [7, 11) is 0. The number of carbonyl (C=O) groups excluding carboxylic acids is 1. The molecule has 0 aliphatic carbocycles. The van der Waals surface area contributed by atoms with E-state index >= 15 is 0 Å². The van der Waals surface area contributed by atoms with Crippen LogP contribution in [-0.4, -0.2) is 27.3 Å². The summed E-state index contributed by atoms with van der Waals surface area (Å²) in [5.74, 6) is 0.436. The van der Waals surface area contributed by atoms with Gasteiger partial charge >= 0.3 is 5.97 Å². The third kappa shape index (κ3) is 5.33. The number of nitrogens with zero attached hydrogens (tertiary/aromatic N) is 3. The van der Waals surface area contributed by atoms with E-state index in [9.17, 15) is 9.18 Å². The molecule has 0 N–H and O–H groups in total. The maximum absolute atomic E-state index is 14.2. The van der Waals surface area contributed by atoms with Crippen LogP contribution >= 0.6 is 0 Å². The molecule has 4 aromatic carbocycles. The predicted molar refractivity (Wildman–Crippen MR) is 141 cm³/mol. The Morgan fingerprint density at radius 2 is 1.51 bits per heavy atom. The number of rotatable bonds is 8. The topological polar surface area (TPSA) is 57.0 Å². The minimum atomic E-state index is -0.405. The summed E-state index contributed by atoms with van der Waals surface area (Å²) in [5, 5.41) is 9.06. The van der Waals surface area contributed by atoms with E-state index in [2.05, 4.69) is 34.5 Å². The molecule has 0 spiro atoms. The van der Waals surface area contributed by atoms with E-state index in [1.165, 1.54) is 12.1 Å². The number of ether oxygens (including phenoxy) is 1. The van der Waals surface area contributed by atoms with Gasteiger partial charge in [0.15, 0.2) is 5.82 Å². The van der Waals surface area contributed by atoms with Crippen LogP contribution in [0.5, 0.6) is 0 Å². The predicted octanol–water partition coefficient (Wildman–Crippen LogP) is 6.62. The Labute approximate surface area is 215 Å². The standard InChI is InChI=1S/C31H26FN3O2/c1-2-37-31(36)25-16-10-18-27(20-25)35-29(33-34-30(35)24-15-9-17-26(32)19-24)21-28(22-11-5-3-6-12-22)23-13-7-4-8-14-23/h3-20,28H,2,21H2,1H3. The van der Waals surface area contributed by atoms with Crippen molar-refractivity contribution in [3.05, 3.63) is 138 Å². The molecule has 0 unspecified atom stereocenters. The van der Waals surface area contributed by atoms with Crippen LogP contribution < -0.4 is 0 Å². The molecule has 0 aliphatic heterocycles. The fourth-order valence-electron chi connectivity index (χ4n) is 4.50. The van der Waals surface area contributed by atoms with Gasteiger partial charge in [0.1, 0.15) is 11.6 Å². The highest BCUT2D eigenvalue weighted by Gasteiger charge is 2.23. The van der Waals surface area contributed by atoms with E-state index < -0.39 is 5.97 Å². The first-order valence-corrected chi connectivity index (χ1v) is 12.2. The molecule has 184 valence electrons. The molecular formula is C31H26FN3O2. The molecule has 37 heavy (non-hydrogen) atoms. The van der Waals surface area contributed by atoms with E-state index in [1.54, 1.807) is 37.3 Å². The Hall–Kier alpha value is -4.58. The van der Waals surface area contributed by atoms with Crippen LogP contribution in [0.4, 0.5) is 4.39 Å². The fraction of sp³-hybridized carbons (Fsp3) is 0.129. The normalized spacial score (nSPS) is 11.0. The van der Waals surface area contributed by atoms with Gasteiger partial charge in [0.05, 0.1) is 12.2 Å². The van der Waals surface area contributed by atoms with E-state index in [0.717, 1.165) is 11.1 Å². The minimum Gasteiger partial charge on any atom is -0.462 e. The Bertz CT molecular complexity index is 1460. The largest absolute Gasteiger partial charge is 0.462 e. The van der Waals surface area contributed by atoms with Crippen LogP contribution in [0, 0.1) is 5.82 Å². The summed E-state index contributed by atoms with van der Waals surface area (Å²) in [6.45, 7) is 2.06.